The number of nitrogens with two attached hydrogens (primary N) is 1. The molecule has 9 heteroatoms. The van der Waals surface area contributed by atoms with E-state index in [0.29, 0.717) is 12.2 Å². The van der Waals surface area contributed by atoms with E-state index in [0.717, 1.165) is 6.42 Å². The van der Waals surface area contributed by atoms with Crippen molar-refractivity contribution in [2.45, 2.75) is 50.4 Å². The van der Waals surface area contributed by atoms with Crippen LogP contribution < -0.4 is 5.14 Å². The van der Waals surface area contributed by atoms with E-state index in [-0.39, 0.29) is 17.3 Å². The van der Waals surface area contributed by atoms with Crippen LogP contribution in [0.4, 0.5) is 0 Å². The highest BCUT2D eigenvalue weighted by Gasteiger charge is 2.19. The lowest BCUT2D eigenvalue weighted by molar-refractivity contribution is 0.577. The smallest absolute Gasteiger partial charge is 0.257 e. The summed E-state index contributed by atoms with van der Waals surface area (Å²) in [5.74, 6) is 0.484. The van der Waals surface area contributed by atoms with Crippen molar-refractivity contribution in [3.63, 3.8) is 0 Å². The average Bonchev–Trinajstić information content (AvgIpc) is 2.70. The first-order valence-corrected chi connectivity index (χ1v) is 9.64. The molecule has 0 fully saturated rings. The molecule has 2 N–H and O–H groups in total. The van der Waals surface area contributed by atoms with E-state index < -0.39 is 25.1 Å². The molecule has 0 unspecified atom stereocenters. The predicted molar refractivity (Wildman–Crippen MR) is 76.5 cm³/mol. The van der Waals surface area contributed by atoms with Crippen molar-refractivity contribution < 1.29 is 16.8 Å². The van der Waals surface area contributed by atoms with E-state index in [1.165, 1.54) is 6.20 Å². The van der Waals surface area contributed by atoms with Crippen LogP contribution in [-0.4, -0.2) is 37.4 Å². The SMILES string of the molecule is CCCc1nc(S(N)(=O)=O)cn1CCS(=O)(=O)C(C)C. The Morgan fingerprint density at radius 2 is 1.90 bits per heavy atom. The zero-order valence-corrected chi connectivity index (χ0v) is 13.5. The largest absolute Gasteiger partial charge is 0.332 e. The van der Waals surface area contributed by atoms with Crippen LogP contribution in [-0.2, 0) is 32.8 Å². The Morgan fingerprint density at radius 1 is 1.30 bits per heavy atom. The Hall–Kier alpha value is -0.930. The van der Waals surface area contributed by atoms with Gasteiger partial charge < -0.3 is 4.57 Å². The molecule has 0 spiro atoms. The molecular weight excluding hydrogens is 302 g/mol. The van der Waals surface area contributed by atoms with Crippen molar-refractivity contribution in [3.05, 3.63) is 12.0 Å². The summed E-state index contributed by atoms with van der Waals surface area (Å²) in [4.78, 5) is 3.97. The number of nitrogens with zero attached hydrogens (tertiary/aromatic N) is 2. The molecule has 0 aromatic carbocycles. The molecule has 1 heterocycles. The second kappa shape index (κ2) is 6.23. The molecule has 0 aliphatic rings. The number of imidazole rings is 1. The van der Waals surface area contributed by atoms with Gasteiger partial charge in [-0.05, 0) is 20.3 Å². The maximum absolute atomic E-state index is 11.8. The molecule has 1 aromatic rings. The second-order valence-corrected chi connectivity index (χ2v) is 9.08. The first-order valence-electron chi connectivity index (χ1n) is 6.38. The van der Waals surface area contributed by atoms with E-state index >= 15 is 0 Å². The quantitative estimate of drug-likeness (QED) is 0.776. The third-order valence-electron chi connectivity index (χ3n) is 2.94. The molecule has 7 nitrogen and oxygen atoms in total. The normalized spacial score (nSPS) is 13.1. The fourth-order valence-electron chi connectivity index (χ4n) is 1.64. The van der Waals surface area contributed by atoms with Crippen molar-refractivity contribution >= 4 is 19.9 Å². The molecule has 1 aromatic heterocycles. The highest BCUT2D eigenvalue weighted by atomic mass is 32.2. The minimum absolute atomic E-state index is 0.0538. The zero-order chi connectivity index (χ0) is 15.6. The first-order chi connectivity index (χ1) is 9.08. The van der Waals surface area contributed by atoms with E-state index in [9.17, 15) is 16.8 Å². The van der Waals surface area contributed by atoms with Gasteiger partial charge in [0, 0.05) is 19.2 Å². The van der Waals surface area contributed by atoms with Crippen LogP contribution in [0.1, 0.15) is 33.0 Å². The van der Waals surface area contributed by atoms with E-state index in [1.807, 2.05) is 6.92 Å². The second-order valence-electron chi connectivity index (χ2n) is 4.90. The van der Waals surface area contributed by atoms with Crippen molar-refractivity contribution in [2.24, 2.45) is 5.14 Å². The van der Waals surface area contributed by atoms with Crippen molar-refractivity contribution in [1.82, 2.24) is 9.55 Å². The third-order valence-corrected chi connectivity index (χ3v) is 5.90. The number of sulfone groups is 1. The van der Waals surface area contributed by atoms with E-state index in [4.69, 9.17) is 5.14 Å². The van der Waals surface area contributed by atoms with Crippen molar-refractivity contribution in [3.8, 4) is 0 Å². The van der Waals surface area contributed by atoms with Gasteiger partial charge in [0.15, 0.2) is 14.9 Å². The number of sulfonamides is 1. The molecule has 0 saturated carbocycles. The Labute approximate surface area is 120 Å². The van der Waals surface area contributed by atoms with Gasteiger partial charge in [-0.25, -0.2) is 27.0 Å². The van der Waals surface area contributed by atoms with Gasteiger partial charge in [-0.2, -0.15) is 0 Å². The lowest BCUT2D eigenvalue weighted by atomic mass is 10.3. The van der Waals surface area contributed by atoms with Crippen LogP contribution in [0.5, 0.6) is 0 Å². The number of rotatable bonds is 7. The molecule has 1 rings (SSSR count). The summed E-state index contributed by atoms with van der Waals surface area (Å²) in [7, 11) is -7.06. The highest BCUT2D eigenvalue weighted by molar-refractivity contribution is 7.91. The number of hydrogen-bond donors (Lipinski definition) is 1. The van der Waals surface area contributed by atoms with Crippen LogP contribution in [0.25, 0.3) is 0 Å². The monoisotopic (exact) mass is 323 g/mol. The Bertz CT molecular complexity index is 660. The zero-order valence-electron chi connectivity index (χ0n) is 11.9. The first kappa shape index (κ1) is 17.1. The molecule has 0 aliphatic carbocycles. The van der Waals surface area contributed by atoms with Crippen molar-refractivity contribution in [1.29, 1.82) is 0 Å². The maximum Gasteiger partial charge on any atom is 0.257 e. The summed E-state index contributed by atoms with van der Waals surface area (Å²) in [5, 5.41) is 4.36. The van der Waals surface area contributed by atoms with Gasteiger partial charge in [0.05, 0.1) is 11.0 Å². The molecule has 0 bridgehead atoms. The minimum atomic E-state index is -3.87. The van der Waals surface area contributed by atoms with Crippen LogP contribution in [0, 0.1) is 0 Å². The van der Waals surface area contributed by atoms with Crippen LogP contribution in [0.15, 0.2) is 11.2 Å². The summed E-state index contributed by atoms with van der Waals surface area (Å²) in [6.45, 7) is 5.34. The van der Waals surface area contributed by atoms with Gasteiger partial charge in [-0.1, -0.05) is 6.92 Å². The average molecular weight is 323 g/mol. The summed E-state index contributed by atoms with van der Waals surface area (Å²) in [6.07, 6.45) is 2.64. The molecule has 0 atom stereocenters. The molecular formula is C11H21N3O4S2. The Morgan fingerprint density at radius 3 is 2.35 bits per heavy atom. The van der Waals surface area contributed by atoms with Gasteiger partial charge in [0.2, 0.25) is 0 Å². The van der Waals surface area contributed by atoms with E-state index in [2.05, 4.69) is 4.98 Å². The fourth-order valence-corrected chi connectivity index (χ4v) is 3.07. The lowest BCUT2D eigenvalue weighted by Crippen LogP contribution is -2.21. The number of aromatic nitrogens is 2. The number of hydrogen-bond acceptors (Lipinski definition) is 5. The van der Waals surface area contributed by atoms with Gasteiger partial charge in [-0.3, -0.25) is 0 Å². The fraction of sp³-hybridized carbons (Fsp3) is 0.727. The third kappa shape index (κ3) is 4.29. The van der Waals surface area contributed by atoms with Crippen LogP contribution >= 0.6 is 0 Å². The summed E-state index contributed by atoms with van der Waals surface area (Å²) in [6, 6.07) is 0. The minimum Gasteiger partial charge on any atom is -0.332 e. The lowest BCUT2D eigenvalue weighted by Gasteiger charge is -2.10. The predicted octanol–water partition coefficient (Wildman–Crippen LogP) is 0.306. The number of primary sulfonamides is 1. The molecule has 0 amide bonds. The molecule has 0 saturated heterocycles. The molecule has 0 radical (unpaired) electrons. The van der Waals surface area contributed by atoms with Gasteiger partial charge in [0.25, 0.3) is 10.0 Å². The van der Waals surface area contributed by atoms with Gasteiger partial charge in [0.1, 0.15) is 5.82 Å². The Balaban J connectivity index is 3.02. The van der Waals surface area contributed by atoms with Gasteiger partial charge >= 0.3 is 0 Å². The molecule has 20 heavy (non-hydrogen) atoms. The van der Waals surface area contributed by atoms with Crippen LogP contribution in [0.3, 0.4) is 0 Å². The van der Waals surface area contributed by atoms with Crippen LogP contribution in [0.2, 0.25) is 0 Å². The Kier molecular flexibility index (Phi) is 5.33. The molecule has 116 valence electrons. The standard InChI is InChI=1S/C11H21N3O4S2/c1-4-5-10-13-11(20(12,17)18)8-14(10)6-7-19(15,16)9(2)3/h8-9H,4-7H2,1-3H3,(H2,12,17,18). The van der Waals surface area contributed by atoms with Crippen molar-refractivity contribution in [2.75, 3.05) is 5.75 Å². The highest BCUT2D eigenvalue weighted by Crippen LogP contribution is 2.11. The van der Waals surface area contributed by atoms with Gasteiger partial charge in [-0.15, -0.1) is 0 Å². The summed E-state index contributed by atoms with van der Waals surface area (Å²) >= 11 is 0. The maximum atomic E-state index is 11.8. The number of aryl methyl sites for hydroxylation is 2. The summed E-state index contributed by atoms with van der Waals surface area (Å²) in [5.41, 5.74) is 0. The summed E-state index contributed by atoms with van der Waals surface area (Å²) < 4.78 is 47.7. The van der Waals surface area contributed by atoms with E-state index in [1.54, 1.807) is 18.4 Å². The molecule has 0 aliphatic heterocycles. The topological polar surface area (TPSA) is 112 Å².